The summed E-state index contributed by atoms with van der Waals surface area (Å²) in [5, 5.41) is 2.72. The van der Waals surface area contributed by atoms with Crippen molar-refractivity contribution in [1.82, 2.24) is 0 Å². The number of nitrogens with one attached hydrogen (secondary N) is 1. The van der Waals surface area contributed by atoms with Gasteiger partial charge in [-0.25, -0.2) is 9.69 Å². The number of carbonyl (C=O) groups excluding carboxylic acids is 3. The maximum Gasteiger partial charge on any atom is 0.343 e. The number of ether oxygens (including phenoxy) is 1. The second-order valence-corrected chi connectivity index (χ2v) is 8.54. The molecule has 0 bridgehead atoms. The molecule has 0 radical (unpaired) electrons. The van der Waals surface area contributed by atoms with Gasteiger partial charge >= 0.3 is 5.97 Å². The Labute approximate surface area is 202 Å². The predicted octanol–water partition coefficient (Wildman–Crippen LogP) is 5.58. The van der Waals surface area contributed by atoms with Crippen molar-refractivity contribution in [1.29, 1.82) is 0 Å². The lowest BCUT2D eigenvalue weighted by Gasteiger charge is -2.17. The van der Waals surface area contributed by atoms with Gasteiger partial charge in [-0.15, -0.1) is 0 Å². The zero-order chi connectivity index (χ0) is 24.6. The summed E-state index contributed by atoms with van der Waals surface area (Å²) in [5.74, 6) is -1.07. The van der Waals surface area contributed by atoms with Gasteiger partial charge in [0.15, 0.2) is 0 Å². The number of nitrogens with zero attached hydrogens (tertiary/aromatic N) is 1. The molecule has 172 valence electrons. The number of hydrogen-bond acceptors (Lipinski definition) is 5. The van der Waals surface area contributed by atoms with E-state index in [0.717, 1.165) is 27.2 Å². The molecule has 2 amide bonds. The van der Waals surface area contributed by atoms with Crippen LogP contribution in [0.4, 0.5) is 11.4 Å². The number of benzene rings is 3. The number of halogens is 1. The molecule has 1 N–H and O–H groups in total. The van der Waals surface area contributed by atoms with E-state index >= 15 is 0 Å². The van der Waals surface area contributed by atoms with Crippen molar-refractivity contribution in [2.75, 3.05) is 10.2 Å². The highest BCUT2D eigenvalue weighted by Gasteiger charge is 2.39. The summed E-state index contributed by atoms with van der Waals surface area (Å²) in [6.45, 7) is 7.57. The summed E-state index contributed by atoms with van der Waals surface area (Å²) >= 11 is 6.22. The number of rotatable bonds is 5. The zero-order valence-electron chi connectivity index (χ0n) is 19.2. The van der Waals surface area contributed by atoms with Gasteiger partial charge in [0.05, 0.1) is 11.3 Å². The SMILES string of the molecule is Cc1ccccc1N1C(=O)C(Cl)=C(Nc2ccc(C(=O)Oc3c(C)ccc(C)c3C)cc2)C1=O. The summed E-state index contributed by atoms with van der Waals surface area (Å²) < 4.78 is 5.64. The normalized spacial score (nSPS) is 13.5. The van der Waals surface area contributed by atoms with Gasteiger partial charge in [-0.2, -0.15) is 0 Å². The van der Waals surface area contributed by atoms with Crippen LogP contribution >= 0.6 is 11.6 Å². The van der Waals surface area contributed by atoms with Gasteiger partial charge in [0.2, 0.25) is 0 Å². The first-order chi connectivity index (χ1) is 16.2. The van der Waals surface area contributed by atoms with Crippen LogP contribution in [0.25, 0.3) is 0 Å². The Kier molecular flexibility index (Phi) is 6.26. The largest absolute Gasteiger partial charge is 0.422 e. The van der Waals surface area contributed by atoms with Crippen LogP contribution in [0, 0.1) is 27.7 Å². The summed E-state index contributed by atoms with van der Waals surface area (Å²) in [6, 6.07) is 17.4. The Morgan fingerprint density at radius 1 is 0.824 bits per heavy atom. The van der Waals surface area contributed by atoms with Gasteiger partial charge in [-0.3, -0.25) is 9.59 Å². The minimum Gasteiger partial charge on any atom is -0.422 e. The van der Waals surface area contributed by atoms with Crippen LogP contribution in [0.15, 0.2) is 71.4 Å². The van der Waals surface area contributed by atoms with E-state index in [0.29, 0.717) is 22.7 Å². The minimum atomic E-state index is -0.590. The molecule has 0 unspecified atom stereocenters. The van der Waals surface area contributed by atoms with Crippen LogP contribution < -0.4 is 15.0 Å². The lowest BCUT2D eigenvalue weighted by Crippen LogP contribution is -2.32. The molecule has 4 rings (SSSR count). The Morgan fingerprint density at radius 3 is 2.15 bits per heavy atom. The van der Waals surface area contributed by atoms with E-state index in [4.69, 9.17) is 16.3 Å². The summed E-state index contributed by atoms with van der Waals surface area (Å²) in [6.07, 6.45) is 0. The molecule has 3 aromatic rings. The fraction of sp³-hybridized carbons (Fsp3) is 0.148. The Bertz CT molecular complexity index is 1360. The molecule has 0 atom stereocenters. The van der Waals surface area contributed by atoms with Gasteiger partial charge in [-0.1, -0.05) is 41.9 Å². The fourth-order valence-corrected chi connectivity index (χ4v) is 3.93. The molecule has 0 saturated carbocycles. The van der Waals surface area contributed by atoms with E-state index in [1.807, 2.05) is 52.0 Å². The molecule has 34 heavy (non-hydrogen) atoms. The van der Waals surface area contributed by atoms with Crippen molar-refractivity contribution in [3.05, 3.63) is 99.2 Å². The first-order valence-electron chi connectivity index (χ1n) is 10.7. The van der Waals surface area contributed by atoms with Gasteiger partial charge in [0.25, 0.3) is 11.8 Å². The molecule has 1 aliphatic heterocycles. The van der Waals surface area contributed by atoms with Crippen molar-refractivity contribution in [3.8, 4) is 5.75 Å². The highest BCUT2D eigenvalue weighted by Crippen LogP contribution is 2.32. The minimum absolute atomic E-state index is 0.0174. The molecular formula is C27H23ClN2O4. The van der Waals surface area contributed by atoms with Crippen LogP contribution in [0.3, 0.4) is 0 Å². The molecule has 0 saturated heterocycles. The van der Waals surface area contributed by atoms with E-state index in [9.17, 15) is 14.4 Å². The topological polar surface area (TPSA) is 75.7 Å². The molecular weight excluding hydrogens is 452 g/mol. The molecule has 1 aliphatic rings. The first-order valence-corrected chi connectivity index (χ1v) is 11.1. The Morgan fingerprint density at radius 2 is 1.47 bits per heavy atom. The summed E-state index contributed by atoms with van der Waals surface area (Å²) in [5.41, 5.74) is 4.91. The first kappa shape index (κ1) is 23.3. The molecule has 0 spiro atoms. The molecule has 0 aliphatic carbocycles. The highest BCUT2D eigenvalue weighted by atomic mass is 35.5. The number of anilines is 2. The van der Waals surface area contributed by atoms with E-state index in [1.165, 1.54) is 0 Å². The van der Waals surface area contributed by atoms with Crippen molar-refractivity contribution < 1.29 is 19.1 Å². The highest BCUT2D eigenvalue weighted by molar-refractivity contribution is 6.53. The Hall–Kier alpha value is -3.90. The number of esters is 1. The second-order valence-electron chi connectivity index (χ2n) is 8.17. The molecule has 3 aromatic carbocycles. The monoisotopic (exact) mass is 474 g/mol. The van der Waals surface area contributed by atoms with Crippen molar-refractivity contribution in [3.63, 3.8) is 0 Å². The number of hydrogen-bond donors (Lipinski definition) is 1. The van der Waals surface area contributed by atoms with E-state index in [1.54, 1.807) is 36.4 Å². The average molecular weight is 475 g/mol. The van der Waals surface area contributed by atoms with Gasteiger partial charge < -0.3 is 10.1 Å². The van der Waals surface area contributed by atoms with E-state index < -0.39 is 17.8 Å². The van der Waals surface area contributed by atoms with Gasteiger partial charge in [-0.05, 0) is 80.3 Å². The third kappa shape index (κ3) is 4.20. The van der Waals surface area contributed by atoms with Gasteiger partial charge in [0.1, 0.15) is 16.5 Å². The molecule has 1 heterocycles. The van der Waals surface area contributed by atoms with Crippen LogP contribution in [-0.2, 0) is 9.59 Å². The van der Waals surface area contributed by atoms with Gasteiger partial charge in [0, 0.05) is 5.69 Å². The second kappa shape index (κ2) is 9.15. The molecule has 0 aromatic heterocycles. The van der Waals surface area contributed by atoms with E-state index in [-0.39, 0.29) is 10.7 Å². The summed E-state index contributed by atoms with van der Waals surface area (Å²) in [7, 11) is 0. The predicted molar refractivity (Wildman–Crippen MR) is 132 cm³/mol. The number of aryl methyl sites for hydroxylation is 3. The van der Waals surface area contributed by atoms with Crippen molar-refractivity contribution in [2.45, 2.75) is 27.7 Å². The summed E-state index contributed by atoms with van der Waals surface area (Å²) in [4.78, 5) is 39.4. The molecule has 6 nitrogen and oxygen atoms in total. The quantitative estimate of drug-likeness (QED) is 0.297. The fourth-order valence-electron chi connectivity index (χ4n) is 3.71. The molecule has 7 heteroatoms. The van der Waals surface area contributed by atoms with Crippen LogP contribution in [0.5, 0.6) is 5.75 Å². The Balaban J connectivity index is 1.51. The third-order valence-electron chi connectivity index (χ3n) is 5.84. The van der Waals surface area contributed by atoms with Crippen molar-refractivity contribution >= 4 is 40.8 Å². The van der Waals surface area contributed by atoms with Crippen LogP contribution in [0.2, 0.25) is 0 Å². The van der Waals surface area contributed by atoms with Crippen LogP contribution in [-0.4, -0.2) is 17.8 Å². The number of imide groups is 1. The third-order valence-corrected chi connectivity index (χ3v) is 6.19. The lowest BCUT2D eigenvalue weighted by molar-refractivity contribution is -0.120. The number of para-hydroxylation sites is 1. The zero-order valence-corrected chi connectivity index (χ0v) is 20.0. The molecule has 0 fully saturated rings. The number of amides is 2. The standard InChI is InChI=1S/C27H23ClN2O4/c1-15-9-10-17(3)24(18(15)4)34-27(33)19-11-13-20(14-12-19)29-23-22(28)25(31)30(26(23)32)21-8-6-5-7-16(21)2/h5-14,29H,1-4H3. The maximum atomic E-state index is 13.0. The van der Waals surface area contributed by atoms with Crippen molar-refractivity contribution in [2.24, 2.45) is 0 Å². The average Bonchev–Trinajstić information content (AvgIpc) is 3.03. The lowest BCUT2D eigenvalue weighted by atomic mass is 10.1. The van der Waals surface area contributed by atoms with Crippen LogP contribution in [0.1, 0.15) is 32.6 Å². The maximum absolute atomic E-state index is 13.0. The number of carbonyl (C=O) groups is 3. The van der Waals surface area contributed by atoms with E-state index in [2.05, 4.69) is 5.32 Å². The smallest absolute Gasteiger partial charge is 0.343 e.